The minimum absolute atomic E-state index is 0.871. The number of anilines is 3. The molecule has 11 aromatic rings. The number of hydrogen-bond donors (Lipinski definition) is 0. The Morgan fingerprint density at radius 3 is 1.93 bits per heavy atom. The van der Waals surface area contributed by atoms with Gasteiger partial charge in [0.1, 0.15) is 11.2 Å². The van der Waals surface area contributed by atoms with E-state index >= 15 is 0 Å². The molecular formula is C51H32N2OS. The molecule has 0 radical (unpaired) electrons. The summed E-state index contributed by atoms with van der Waals surface area (Å²) in [7, 11) is 0. The molecule has 3 aromatic heterocycles. The summed E-state index contributed by atoms with van der Waals surface area (Å²) in [4.78, 5) is 6.62. The van der Waals surface area contributed by atoms with Gasteiger partial charge in [-0.2, -0.15) is 0 Å². The maximum Gasteiger partial charge on any atom is 0.143 e. The number of aromatic nitrogens is 1. The van der Waals surface area contributed by atoms with Crippen LogP contribution >= 0.6 is 11.3 Å². The minimum atomic E-state index is 0.871. The number of benzene rings is 8. The van der Waals surface area contributed by atoms with Gasteiger partial charge in [0.2, 0.25) is 0 Å². The third-order valence-electron chi connectivity index (χ3n) is 10.8. The van der Waals surface area contributed by atoms with Crippen LogP contribution in [0.4, 0.5) is 17.1 Å². The van der Waals surface area contributed by atoms with Crippen molar-refractivity contribution in [3.63, 3.8) is 0 Å². The molecule has 0 aliphatic carbocycles. The molecule has 0 aliphatic rings. The Hall–Kier alpha value is -7.01. The number of hydrogen-bond acceptors (Lipinski definition) is 4. The second-order valence-electron chi connectivity index (χ2n) is 13.9. The Morgan fingerprint density at radius 2 is 1.07 bits per heavy atom. The topological polar surface area (TPSA) is 29.3 Å². The lowest BCUT2D eigenvalue weighted by Gasteiger charge is -2.26. The minimum Gasteiger partial charge on any atom is -0.455 e. The summed E-state index contributed by atoms with van der Waals surface area (Å²) >= 11 is 1.86. The van der Waals surface area contributed by atoms with Gasteiger partial charge in [-0.25, -0.2) is 0 Å². The lowest BCUT2D eigenvalue weighted by atomic mass is 9.93. The van der Waals surface area contributed by atoms with Crippen LogP contribution in [0.25, 0.3) is 86.3 Å². The molecule has 0 saturated heterocycles. The zero-order chi connectivity index (χ0) is 36.3. The number of thiophene rings is 1. The highest BCUT2D eigenvalue weighted by molar-refractivity contribution is 7.25. The fraction of sp³-hybridized carbons (Fsp3) is 0. The van der Waals surface area contributed by atoms with Crippen molar-refractivity contribution in [2.24, 2.45) is 0 Å². The lowest BCUT2D eigenvalue weighted by Crippen LogP contribution is -2.09. The van der Waals surface area contributed by atoms with E-state index in [0.29, 0.717) is 0 Å². The number of rotatable bonds is 6. The third-order valence-corrected chi connectivity index (χ3v) is 11.9. The molecular weight excluding hydrogens is 689 g/mol. The molecule has 0 N–H and O–H groups in total. The summed E-state index contributed by atoms with van der Waals surface area (Å²) in [5, 5.41) is 7.23. The van der Waals surface area contributed by atoms with Crippen molar-refractivity contribution >= 4 is 81.3 Å². The van der Waals surface area contributed by atoms with E-state index in [1.807, 2.05) is 23.7 Å². The van der Waals surface area contributed by atoms with E-state index in [9.17, 15) is 0 Å². The molecule has 4 heteroatoms. The van der Waals surface area contributed by atoms with Gasteiger partial charge < -0.3 is 9.32 Å². The van der Waals surface area contributed by atoms with Crippen LogP contribution in [0.3, 0.4) is 0 Å². The summed E-state index contributed by atoms with van der Waals surface area (Å²) in [6.45, 7) is 0. The SMILES string of the molecule is c1ccc(N(c2ccc(-c3cccc4sc5ccccc5c34)cc2)c2cccc(-c3cc4ccccc4c4c3oc3cccc(-c5ccncc5)c34)c2)cc1. The van der Waals surface area contributed by atoms with Crippen LogP contribution < -0.4 is 4.90 Å². The van der Waals surface area contributed by atoms with Crippen molar-refractivity contribution in [3.8, 4) is 33.4 Å². The van der Waals surface area contributed by atoms with E-state index in [2.05, 4.69) is 192 Å². The van der Waals surface area contributed by atoms with Crippen molar-refractivity contribution < 1.29 is 4.42 Å². The Morgan fingerprint density at radius 1 is 0.418 bits per heavy atom. The molecule has 258 valence electrons. The van der Waals surface area contributed by atoms with Gasteiger partial charge in [-0.15, -0.1) is 11.3 Å². The normalized spacial score (nSPS) is 11.6. The Balaban J connectivity index is 1.07. The summed E-state index contributed by atoms with van der Waals surface area (Å²) in [5.74, 6) is 0. The highest BCUT2D eigenvalue weighted by atomic mass is 32.1. The largest absolute Gasteiger partial charge is 0.455 e. The molecule has 0 unspecified atom stereocenters. The standard InChI is InChI=1S/C51H32N2OS/c1-2-13-37(14-3-1)53(38-25-23-33(24-26-38)40-19-10-22-47-48(40)43-17-6-7-21-46(43)55-47)39-15-8-12-35(31-39)44-32-36-11-4-5-16-42(36)50-49-41(34-27-29-52-30-28-34)18-9-20-45(49)54-51(44)50/h1-32H. The fourth-order valence-electron chi connectivity index (χ4n) is 8.30. The van der Waals surface area contributed by atoms with Crippen LogP contribution in [0.2, 0.25) is 0 Å². The first kappa shape index (κ1) is 31.5. The first-order valence-corrected chi connectivity index (χ1v) is 19.3. The number of para-hydroxylation sites is 1. The second kappa shape index (κ2) is 12.8. The molecule has 3 nitrogen and oxygen atoms in total. The predicted octanol–water partition coefficient (Wildman–Crippen LogP) is 15.0. The molecule has 0 amide bonds. The first-order valence-electron chi connectivity index (χ1n) is 18.5. The van der Waals surface area contributed by atoms with Crippen LogP contribution in [0.5, 0.6) is 0 Å². The lowest BCUT2D eigenvalue weighted by molar-refractivity contribution is 0.670. The van der Waals surface area contributed by atoms with Crippen LogP contribution in [-0.2, 0) is 0 Å². The molecule has 0 fully saturated rings. The zero-order valence-corrected chi connectivity index (χ0v) is 30.5. The molecule has 0 spiro atoms. The van der Waals surface area contributed by atoms with Crippen molar-refractivity contribution in [2.45, 2.75) is 0 Å². The van der Waals surface area contributed by atoms with E-state index < -0.39 is 0 Å². The zero-order valence-electron chi connectivity index (χ0n) is 29.7. The van der Waals surface area contributed by atoms with E-state index in [1.54, 1.807) is 0 Å². The molecule has 0 saturated carbocycles. The van der Waals surface area contributed by atoms with Crippen LogP contribution in [-0.4, -0.2) is 4.98 Å². The van der Waals surface area contributed by atoms with Gasteiger partial charge in [-0.1, -0.05) is 109 Å². The Kier molecular flexibility index (Phi) is 7.35. The average Bonchev–Trinajstić information content (AvgIpc) is 3.84. The maximum absolute atomic E-state index is 6.86. The number of nitrogens with zero attached hydrogens (tertiary/aromatic N) is 2. The van der Waals surface area contributed by atoms with Crippen molar-refractivity contribution in [3.05, 3.63) is 194 Å². The van der Waals surface area contributed by atoms with Crippen molar-refractivity contribution in [1.29, 1.82) is 0 Å². The summed E-state index contributed by atoms with van der Waals surface area (Å²) in [6, 6.07) is 65.2. The van der Waals surface area contributed by atoms with Gasteiger partial charge in [0, 0.05) is 66.0 Å². The van der Waals surface area contributed by atoms with E-state index in [0.717, 1.165) is 61.3 Å². The summed E-state index contributed by atoms with van der Waals surface area (Å²) in [5.41, 5.74) is 11.9. The Bertz CT molecular complexity index is 3200. The number of furan rings is 1. The van der Waals surface area contributed by atoms with Crippen LogP contribution in [0.15, 0.2) is 199 Å². The first-order chi connectivity index (χ1) is 27.3. The van der Waals surface area contributed by atoms with Gasteiger partial charge in [0.15, 0.2) is 0 Å². The van der Waals surface area contributed by atoms with E-state index in [4.69, 9.17) is 4.42 Å². The average molecular weight is 721 g/mol. The molecule has 0 aliphatic heterocycles. The quantitative estimate of drug-likeness (QED) is 0.171. The van der Waals surface area contributed by atoms with Crippen molar-refractivity contribution in [2.75, 3.05) is 4.90 Å². The molecule has 11 rings (SSSR count). The summed E-state index contributed by atoms with van der Waals surface area (Å²) < 4.78 is 9.48. The highest BCUT2D eigenvalue weighted by Crippen LogP contribution is 2.46. The molecule has 8 aromatic carbocycles. The van der Waals surface area contributed by atoms with Crippen LogP contribution in [0, 0.1) is 0 Å². The van der Waals surface area contributed by atoms with Gasteiger partial charge in [0.05, 0.1) is 0 Å². The molecule has 55 heavy (non-hydrogen) atoms. The second-order valence-corrected chi connectivity index (χ2v) is 15.0. The highest BCUT2D eigenvalue weighted by Gasteiger charge is 2.21. The van der Waals surface area contributed by atoms with Gasteiger partial charge in [-0.05, 0) is 111 Å². The van der Waals surface area contributed by atoms with Gasteiger partial charge >= 0.3 is 0 Å². The smallest absolute Gasteiger partial charge is 0.143 e. The van der Waals surface area contributed by atoms with E-state index in [-0.39, 0.29) is 0 Å². The number of pyridine rings is 1. The number of fused-ring (bicyclic) bond motifs is 8. The third kappa shape index (κ3) is 5.22. The van der Waals surface area contributed by atoms with Crippen LogP contribution in [0.1, 0.15) is 0 Å². The predicted molar refractivity (Wildman–Crippen MR) is 233 cm³/mol. The Labute approximate surface area is 322 Å². The van der Waals surface area contributed by atoms with E-state index in [1.165, 1.54) is 42.1 Å². The van der Waals surface area contributed by atoms with Gasteiger partial charge in [0.25, 0.3) is 0 Å². The van der Waals surface area contributed by atoms with Crippen molar-refractivity contribution in [1.82, 2.24) is 4.98 Å². The maximum atomic E-state index is 6.86. The molecule has 3 heterocycles. The monoisotopic (exact) mass is 720 g/mol. The van der Waals surface area contributed by atoms with Gasteiger partial charge in [-0.3, -0.25) is 4.98 Å². The summed E-state index contributed by atoms with van der Waals surface area (Å²) in [6.07, 6.45) is 3.70. The fourth-order valence-corrected chi connectivity index (χ4v) is 9.43. The molecule has 0 bridgehead atoms. The molecule has 0 atom stereocenters.